The largest absolute Gasteiger partial charge is 0.481 e. The summed E-state index contributed by atoms with van der Waals surface area (Å²) in [6.45, 7) is -1.10. The molecule has 2 N–H and O–H groups in total. The fraction of sp³-hybridized carbons (Fsp3) is 0.333. The van der Waals surface area contributed by atoms with Crippen LogP contribution in [0.3, 0.4) is 0 Å². The Kier molecular flexibility index (Phi) is 6.40. The molecule has 0 radical (unpaired) electrons. The van der Waals surface area contributed by atoms with Crippen molar-refractivity contribution < 1.29 is 28.6 Å². The molecule has 0 aliphatic carbocycles. The fourth-order valence-electron chi connectivity index (χ4n) is 1.29. The first-order valence-corrected chi connectivity index (χ1v) is 6.33. The van der Waals surface area contributed by atoms with Crippen LogP contribution in [0.4, 0.5) is 4.39 Å². The molecular weight excluding hydrogens is 337 g/mol. The number of ether oxygens (including phenoxy) is 2. The van der Waals surface area contributed by atoms with Gasteiger partial charge in [-0.25, -0.2) is 9.18 Å². The van der Waals surface area contributed by atoms with Crippen LogP contribution in [-0.4, -0.2) is 43.3 Å². The van der Waals surface area contributed by atoms with Crippen molar-refractivity contribution in [3.63, 3.8) is 0 Å². The topological polar surface area (TPSA) is 84.9 Å². The summed E-state index contributed by atoms with van der Waals surface area (Å²) in [5.41, 5.74) is 0. The highest BCUT2D eigenvalue weighted by atomic mass is 79.9. The second kappa shape index (κ2) is 7.81. The molecule has 20 heavy (non-hydrogen) atoms. The molecule has 6 nitrogen and oxygen atoms in total. The minimum absolute atomic E-state index is 0.0954. The van der Waals surface area contributed by atoms with Crippen LogP contribution >= 0.6 is 15.9 Å². The zero-order chi connectivity index (χ0) is 15.1. The Balaban J connectivity index is 2.52. The van der Waals surface area contributed by atoms with Gasteiger partial charge in [-0.3, -0.25) is 4.79 Å². The number of hydrogen-bond donors (Lipinski definition) is 2. The van der Waals surface area contributed by atoms with Crippen molar-refractivity contribution in [2.45, 2.75) is 6.04 Å². The number of carbonyl (C=O) groups excluding carboxylic acids is 2. The Labute approximate surface area is 123 Å². The Morgan fingerprint density at radius 1 is 1.50 bits per heavy atom. The van der Waals surface area contributed by atoms with Gasteiger partial charge in [0.25, 0.3) is 5.91 Å². The van der Waals surface area contributed by atoms with E-state index in [4.69, 9.17) is 9.84 Å². The average molecular weight is 350 g/mol. The van der Waals surface area contributed by atoms with E-state index < -0.39 is 36.9 Å². The molecule has 1 amide bonds. The molecule has 1 aromatic carbocycles. The average Bonchev–Trinajstić information content (AvgIpc) is 2.43. The lowest BCUT2D eigenvalue weighted by Crippen LogP contribution is -2.45. The summed E-state index contributed by atoms with van der Waals surface area (Å²) in [6, 6.07) is 2.93. The van der Waals surface area contributed by atoms with E-state index in [2.05, 4.69) is 26.0 Å². The van der Waals surface area contributed by atoms with Crippen LogP contribution in [0.25, 0.3) is 0 Å². The molecule has 0 fully saturated rings. The first-order valence-electron chi connectivity index (χ1n) is 5.53. The molecule has 0 aliphatic rings. The normalized spacial score (nSPS) is 11.6. The summed E-state index contributed by atoms with van der Waals surface area (Å²) in [6.07, 6.45) is 0. The number of esters is 1. The molecular formula is C12H13BrFNO5. The van der Waals surface area contributed by atoms with Crippen molar-refractivity contribution in [3.05, 3.63) is 28.5 Å². The van der Waals surface area contributed by atoms with Gasteiger partial charge >= 0.3 is 5.97 Å². The molecule has 0 saturated heterocycles. The molecule has 0 aliphatic heterocycles. The number of aliphatic hydroxyl groups excluding tert-OH is 1. The third kappa shape index (κ3) is 4.78. The monoisotopic (exact) mass is 349 g/mol. The van der Waals surface area contributed by atoms with Crippen molar-refractivity contribution >= 4 is 27.8 Å². The number of methoxy groups -OCH3 is 1. The van der Waals surface area contributed by atoms with Crippen molar-refractivity contribution in [1.82, 2.24) is 5.32 Å². The van der Waals surface area contributed by atoms with Gasteiger partial charge in [0.2, 0.25) is 0 Å². The molecule has 0 spiro atoms. The number of benzene rings is 1. The number of halogens is 2. The number of carbonyl (C=O) groups is 2. The molecule has 0 saturated carbocycles. The van der Waals surface area contributed by atoms with E-state index in [1.54, 1.807) is 6.07 Å². The van der Waals surface area contributed by atoms with Gasteiger partial charge in [0.1, 0.15) is 0 Å². The van der Waals surface area contributed by atoms with E-state index >= 15 is 0 Å². The second-order valence-corrected chi connectivity index (χ2v) is 4.60. The zero-order valence-electron chi connectivity index (χ0n) is 10.6. The maximum atomic E-state index is 13.4. The standard InChI is InChI=1S/C12H13BrFNO5/c1-19-12(18)9(5-16)15-11(17)6-20-10-3-2-7(13)4-8(10)14/h2-4,9,16H,5-6H2,1H3,(H,15,17). The number of amides is 1. The van der Waals surface area contributed by atoms with E-state index in [1.807, 2.05) is 0 Å². The van der Waals surface area contributed by atoms with E-state index in [-0.39, 0.29) is 5.75 Å². The summed E-state index contributed by atoms with van der Waals surface area (Å²) < 4.78 is 23.3. The van der Waals surface area contributed by atoms with Gasteiger partial charge in [0.15, 0.2) is 24.2 Å². The molecule has 1 atom stereocenters. The number of rotatable bonds is 6. The highest BCUT2D eigenvalue weighted by molar-refractivity contribution is 9.10. The SMILES string of the molecule is COC(=O)C(CO)NC(=O)COc1ccc(Br)cc1F. The third-order valence-electron chi connectivity index (χ3n) is 2.26. The Bertz CT molecular complexity index is 497. The van der Waals surface area contributed by atoms with Crippen LogP contribution in [-0.2, 0) is 14.3 Å². The predicted molar refractivity (Wildman–Crippen MR) is 70.6 cm³/mol. The Morgan fingerprint density at radius 3 is 2.75 bits per heavy atom. The van der Waals surface area contributed by atoms with Crippen LogP contribution in [0.5, 0.6) is 5.75 Å². The van der Waals surface area contributed by atoms with Gasteiger partial charge in [-0.2, -0.15) is 0 Å². The van der Waals surface area contributed by atoms with E-state index in [9.17, 15) is 14.0 Å². The minimum atomic E-state index is -1.18. The van der Waals surface area contributed by atoms with Crippen LogP contribution in [0.2, 0.25) is 0 Å². The molecule has 1 unspecified atom stereocenters. The quantitative estimate of drug-likeness (QED) is 0.735. The van der Waals surface area contributed by atoms with E-state index in [0.717, 1.165) is 7.11 Å². The highest BCUT2D eigenvalue weighted by Gasteiger charge is 2.20. The number of aliphatic hydroxyl groups is 1. The number of nitrogens with one attached hydrogen (secondary N) is 1. The molecule has 1 rings (SSSR count). The lowest BCUT2D eigenvalue weighted by molar-refractivity contribution is -0.146. The van der Waals surface area contributed by atoms with Crippen LogP contribution in [0.15, 0.2) is 22.7 Å². The lowest BCUT2D eigenvalue weighted by Gasteiger charge is -2.14. The molecule has 8 heteroatoms. The molecule has 110 valence electrons. The maximum absolute atomic E-state index is 13.4. The summed E-state index contributed by atoms with van der Waals surface area (Å²) >= 11 is 3.09. The van der Waals surface area contributed by atoms with Gasteiger partial charge < -0.3 is 19.9 Å². The minimum Gasteiger partial charge on any atom is -0.481 e. The Hall–Kier alpha value is -1.67. The number of hydrogen-bond acceptors (Lipinski definition) is 5. The molecule has 0 heterocycles. The van der Waals surface area contributed by atoms with Crippen LogP contribution in [0, 0.1) is 5.82 Å². The Morgan fingerprint density at radius 2 is 2.20 bits per heavy atom. The van der Waals surface area contributed by atoms with Gasteiger partial charge in [-0.1, -0.05) is 15.9 Å². The second-order valence-electron chi connectivity index (χ2n) is 3.69. The van der Waals surface area contributed by atoms with Crippen LogP contribution < -0.4 is 10.1 Å². The first-order chi connectivity index (χ1) is 9.47. The maximum Gasteiger partial charge on any atom is 0.330 e. The molecule has 1 aromatic rings. The first kappa shape index (κ1) is 16.4. The zero-order valence-corrected chi connectivity index (χ0v) is 12.1. The summed E-state index contributed by atoms with van der Waals surface area (Å²) in [5, 5.41) is 11.1. The molecule has 0 aromatic heterocycles. The summed E-state index contributed by atoms with van der Waals surface area (Å²) in [4.78, 5) is 22.6. The predicted octanol–water partition coefficient (Wildman–Crippen LogP) is 0.617. The van der Waals surface area contributed by atoms with Crippen molar-refractivity contribution in [2.75, 3.05) is 20.3 Å². The van der Waals surface area contributed by atoms with Gasteiger partial charge in [0, 0.05) is 4.47 Å². The highest BCUT2D eigenvalue weighted by Crippen LogP contribution is 2.21. The molecule has 0 bridgehead atoms. The lowest BCUT2D eigenvalue weighted by atomic mass is 10.3. The van der Waals surface area contributed by atoms with E-state index in [1.165, 1.54) is 12.1 Å². The van der Waals surface area contributed by atoms with Gasteiger partial charge in [0.05, 0.1) is 13.7 Å². The summed E-state index contributed by atoms with van der Waals surface area (Å²) in [5.74, 6) is -2.19. The van der Waals surface area contributed by atoms with Gasteiger partial charge in [-0.05, 0) is 18.2 Å². The fourth-order valence-corrected chi connectivity index (χ4v) is 1.63. The van der Waals surface area contributed by atoms with E-state index in [0.29, 0.717) is 4.47 Å². The van der Waals surface area contributed by atoms with Crippen molar-refractivity contribution in [3.8, 4) is 5.75 Å². The van der Waals surface area contributed by atoms with Crippen molar-refractivity contribution in [1.29, 1.82) is 0 Å². The summed E-state index contributed by atoms with van der Waals surface area (Å²) in [7, 11) is 1.13. The van der Waals surface area contributed by atoms with Crippen molar-refractivity contribution in [2.24, 2.45) is 0 Å². The third-order valence-corrected chi connectivity index (χ3v) is 2.75. The van der Waals surface area contributed by atoms with Gasteiger partial charge in [-0.15, -0.1) is 0 Å². The van der Waals surface area contributed by atoms with Crippen LogP contribution in [0.1, 0.15) is 0 Å². The smallest absolute Gasteiger partial charge is 0.330 e.